The molecular weight excluding hydrogens is 291 g/mol. The number of aromatic hydroxyl groups is 1. The van der Waals surface area contributed by atoms with Crippen LogP contribution in [0.4, 0.5) is 4.39 Å². The van der Waals surface area contributed by atoms with E-state index in [0.717, 1.165) is 43.2 Å². The molecular formula is C20H25FO2. The van der Waals surface area contributed by atoms with Crippen LogP contribution in [0.15, 0.2) is 12.1 Å². The van der Waals surface area contributed by atoms with E-state index >= 15 is 0 Å². The molecule has 2 nitrogen and oxygen atoms in total. The Hall–Kier alpha value is -1.38. The molecule has 0 heterocycles. The highest BCUT2D eigenvalue weighted by Crippen LogP contribution is 2.63. The van der Waals surface area contributed by atoms with Crippen LogP contribution in [0.5, 0.6) is 5.75 Å². The van der Waals surface area contributed by atoms with Crippen LogP contribution in [0.2, 0.25) is 0 Å². The van der Waals surface area contributed by atoms with Crippen LogP contribution in [-0.2, 0) is 11.2 Å². The molecule has 0 spiro atoms. The molecule has 23 heavy (non-hydrogen) atoms. The van der Waals surface area contributed by atoms with Gasteiger partial charge < -0.3 is 5.11 Å². The van der Waals surface area contributed by atoms with Gasteiger partial charge in [-0.3, -0.25) is 4.79 Å². The van der Waals surface area contributed by atoms with E-state index in [1.165, 1.54) is 0 Å². The summed E-state index contributed by atoms with van der Waals surface area (Å²) in [5.41, 5.74) is 1.75. The number of carbonyl (C=O) groups excluding carboxylic acids is 1. The van der Waals surface area contributed by atoms with Crippen molar-refractivity contribution in [1.82, 2.24) is 0 Å². The predicted molar refractivity (Wildman–Crippen MR) is 86.9 cm³/mol. The summed E-state index contributed by atoms with van der Waals surface area (Å²) in [6, 6.07) is 3.16. The molecule has 1 N–H and O–H groups in total. The highest BCUT2D eigenvalue weighted by atomic mass is 19.1. The third-order valence-corrected chi connectivity index (χ3v) is 7.05. The number of aryl methyl sites for hydroxylation is 1. The summed E-state index contributed by atoms with van der Waals surface area (Å²) in [5, 5.41) is 9.65. The van der Waals surface area contributed by atoms with Crippen molar-refractivity contribution in [1.29, 1.82) is 0 Å². The first kappa shape index (κ1) is 15.2. The van der Waals surface area contributed by atoms with Gasteiger partial charge in [0.2, 0.25) is 0 Å². The second-order valence-corrected chi connectivity index (χ2v) is 8.79. The van der Waals surface area contributed by atoms with E-state index in [1.807, 2.05) is 0 Å². The van der Waals surface area contributed by atoms with E-state index in [4.69, 9.17) is 0 Å². The third-order valence-electron chi connectivity index (χ3n) is 7.05. The minimum absolute atomic E-state index is 0.197. The lowest BCUT2D eigenvalue weighted by Crippen LogP contribution is -2.43. The molecule has 2 saturated carbocycles. The van der Waals surface area contributed by atoms with Gasteiger partial charge in [-0.2, -0.15) is 0 Å². The lowest BCUT2D eigenvalue weighted by molar-refractivity contribution is -0.134. The molecule has 3 heteroatoms. The second kappa shape index (κ2) is 4.58. The Kier molecular flexibility index (Phi) is 3.02. The number of Topliss-reactive ketones (excluding diaryl/α,β-unsaturated/α-hetero) is 1. The van der Waals surface area contributed by atoms with Gasteiger partial charge in [0, 0.05) is 10.8 Å². The van der Waals surface area contributed by atoms with Gasteiger partial charge in [-0.1, -0.05) is 20.8 Å². The summed E-state index contributed by atoms with van der Waals surface area (Å²) in [4.78, 5) is 12.9. The van der Waals surface area contributed by atoms with Crippen LogP contribution < -0.4 is 0 Å². The highest BCUT2D eigenvalue weighted by Gasteiger charge is 2.60. The minimum Gasteiger partial charge on any atom is -0.505 e. The predicted octanol–water partition coefficient (Wildman–Crippen LogP) is 4.59. The first-order valence-electron chi connectivity index (χ1n) is 8.80. The molecule has 0 saturated heterocycles. The Morgan fingerprint density at radius 3 is 2.70 bits per heavy atom. The van der Waals surface area contributed by atoms with E-state index in [9.17, 15) is 14.3 Å². The molecule has 3 aliphatic rings. The van der Waals surface area contributed by atoms with Crippen LogP contribution in [0.25, 0.3) is 0 Å². The number of ketones is 1. The molecule has 0 bridgehead atoms. The number of phenols is 1. The zero-order valence-electron chi connectivity index (χ0n) is 14.2. The maximum Gasteiger partial charge on any atom is 0.165 e. The summed E-state index contributed by atoms with van der Waals surface area (Å²) >= 11 is 0. The number of benzene rings is 1. The zero-order chi connectivity index (χ0) is 16.6. The van der Waals surface area contributed by atoms with Crippen molar-refractivity contribution in [3.63, 3.8) is 0 Å². The quantitative estimate of drug-likeness (QED) is 0.760. The van der Waals surface area contributed by atoms with Crippen molar-refractivity contribution in [3.05, 3.63) is 29.1 Å². The molecule has 1 aromatic carbocycles. The number of hydrogen-bond acceptors (Lipinski definition) is 2. The fourth-order valence-electron chi connectivity index (χ4n) is 5.97. The SMILES string of the molecule is CC1(C)C[C@H]2[C@H]3CCc4cc(O)c(F)cc4[C@H]3CC[C@]2(C)C1=O. The maximum atomic E-state index is 13.9. The average molecular weight is 316 g/mol. The largest absolute Gasteiger partial charge is 0.505 e. The molecule has 4 atom stereocenters. The van der Waals surface area contributed by atoms with Crippen molar-refractivity contribution in [2.24, 2.45) is 22.7 Å². The van der Waals surface area contributed by atoms with Gasteiger partial charge in [0.25, 0.3) is 0 Å². The number of hydrogen-bond donors (Lipinski definition) is 1. The summed E-state index contributed by atoms with van der Waals surface area (Å²) in [6.07, 6.45) is 4.75. The third kappa shape index (κ3) is 1.95. The second-order valence-electron chi connectivity index (χ2n) is 8.79. The summed E-state index contributed by atoms with van der Waals surface area (Å²) in [7, 11) is 0. The van der Waals surface area contributed by atoms with Gasteiger partial charge in [0.1, 0.15) is 5.78 Å². The zero-order valence-corrected chi connectivity index (χ0v) is 14.2. The van der Waals surface area contributed by atoms with Crippen LogP contribution in [0, 0.1) is 28.5 Å². The van der Waals surface area contributed by atoms with Gasteiger partial charge in [-0.25, -0.2) is 4.39 Å². The molecule has 0 aromatic heterocycles. The fourth-order valence-corrected chi connectivity index (χ4v) is 5.97. The van der Waals surface area contributed by atoms with Crippen LogP contribution >= 0.6 is 0 Å². The molecule has 0 unspecified atom stereocenters. The monoisotopic (exact) mass is 316 g/mol. The number of rotatable bonds is 0. The van der Waals surface area contributed by atoms with Crippen molar-refractivity contribution in [2.75, 3.05) is 0 Å². The van der Waals surface area contributed by atoms with Gasteiger partial charge >= 0.3 is 0 Å². The van der Waals surface area contributed by atoms with Crippen LogP contribution in [0.3, 0.4) is 0 Å². The normalized spacial score (nSPS) is 37.9. The Labute approximate surface area is 137 Å². The molecule has 0 radical (unpaired) electrons. The molecule has 1 aromatic rings. The van der Waals surface area contributed by atoms with E-state index in [-0.39, 0.29) is 16.6 Å². The van der Waals surface area contributed by atoms with E-state index in [2.05, 4.69) is 20.8 Å². The summed E-state index contributed by atoms with van der Waals surface area (Å²) in [5.74, 6) is 0.898. The van der Waals surface area contributed by atoms with Crippen molar-refractivity contribution in [2.45, 2.75) is 58.8 Å². The van der Waals surface area contributed by atoms with Crippen molar-refractivity contribution in [3.8, 4) is 5.75 Å². The molecule has 2 fully saturated rings. The first-order chi connectivity index (χ1) is 10.7. The Morgan fingerprint density at radius 2 is 1.96 bits per heavy atom. The van der Waals surface area contributed by atoms with E-state index < -0.39 is 5.82 Å². The molecule has 4 rings (SSSR count). The molecule has 0 aliphatic heterocycles. The lowest BCUT2D eigenvalue weighted by atomic mass is 9.55. The van der Waals surface area contributed by atoms with E-state index in [1.54, 1.807) is 12.1 Å². The highest BCUT2D eigenvalue weighted by molar-refractivity contribution is 5.92. The minimum atomic E-state index is -0.513. The first-order valence-corrected chi connectivity index (χ1v) is 8.80. The van der Waals surface area contributed by atoms with Crippen LogP contribution in [-0.4, -0.2) is 10.9 Å². The van der Waals surface area contributed by atoms with Crippen LogP contribution in [0.1, 0.15) is 63.5 Å². The van der Waals surface area contributed by atoms with E-state index in [0.29, 0.717) is 23.5 Å². The number of phenolic OH excluding ortho intramolecular Hbond substituents is 1. The Morgan fingerprint density at radius 1 is 1.22 bits per heavy atom. The smallest absolute Gasteiger partial charge is 0.165 e. The van der Waals surface area contributed by atoms with Gasteiger partial charge in [0.05, 0.1) is 0 Å². The maximum absolute atomic E-state index is 13.9. The number of carbonyl (C=O) groups is 1. The summed E-state index contributed by atoms with van der Waals surface area (Å²) in [6.45, 7) is 6.34. The van der Waals surface area contributed by atoms with Crippen molar-refractivity contribution < 1.29 is 14.3 Å². The standard InChI is InChI=1S/C20H25FO2/c1-19(2)10-15-13-5-4-11-8-17(22)16(21)9-14(11)12(13)6-7-20(15,3)18(19)23/h8-9,12-13,15,22H,4-7,10H2,1-3H3/t12-,13-,15-,20-/m0/s1. The van der Waals surface area contributed by atoms with Gasteiger partial charge in [0.15, 0.2) is 11.6 Å². The van der Waals surface area contributed by atoms with Gasteiger partial charge in [-0.15, -0.1) is 0 Å². The summed E-state index contributed by atoms with van der Waals surface area (Å²) < 4.78 is 13.9. The fraction of sp³-hybridized carbons (Fsp3) is 0.650. The lowest BCUT2D eigenvalue weighted by Gasteiger charge is -2.48. The molecule has 3 aliphatic carbocycles. The number of halogens is 1. The molecule has 124 valence electrons. The average Bonchev–Trinajstić information content (AvgIpc) is 2.68. The topological polar surface area (TPSA) is 37.3 Å². The molecule has 0 amide bonds. The Bertz CT molecular complexity index is 693. The Balaban J connectivity index is 1.75. The van der Waals surface area contributed by atoms with Gasteiger partial charge in [-0.05, 0) is 73.1 Å². The number of fused-ring (bicyclic) bond motifs is 5. The van der Waals surface area contributed by atoms with Crippen molar-refractivity contribution >= 4 is 5.78 Å².